The molecule has 92 valence electrons. The Morgan fingerprint density at radius 3 is 2.71 bits per heavy atom. The number of likely N-dealkylation sites (tertiary alicyclic amines) is 1. The molecule has 0 amide bonds. The Kier molecular flexibility index (Phi) is 2.93. The van der Waals surface area contributed by atoms with Gasteiger partial charge < -0.3 is 0 Å². The van der Waals surface area contributed by atoms with Crippen molar-refractivity contribution in [2.45, 2.75) is 44.2 Å². The van der Waals surface area contributed by atoms with Gasteiger partial charge in [0.1, 0.15) is 5.69 Å². The summed E-state index contributed by atoms with van der Waals surface area (Å²) in [7, 11) is 0. The van der Waals surface area contributed by atoms with Crippen LogP contribution >= 0.6 is 0 Å². The summed E-state index contributed by atoms with van der Waals surface area (Å²) in [5, 5.41) is 7.90. The minimum atomic E-state index is 0.394. The van der Waals surface area contributed by atoms with Crippen molar-refractivity contribution < 1.29 is 4.79 Å². The van der Waals surface area contributed by atoms with Crippen LogP contribution in [-0.4, -0.2) is 45.3 Å². The Morgan fingerprint density at radius 2 is 2.06 bits per heavy atom. The summed E-state index contributed by atoms with van der Waals surface area (Å²) < 4.78 is 1.87. The van der Waals surface area contributed by atoms with E-state index in [0.29, 0.717) is 11.7 Å². The molecule has 2 aliphatic rings. The molecule has 5 nitrogen and oxygen atoms in total. The molecule has 1 aliphatic carbocycles. The smallest absolute Gasteiger partial charge is 0.171 e. The number of rotatable bonds is 3. The van der Waals surface area contributed by atoms with E-state index in [2.05, 4.69) is 15.2 Å². The molecule has 1 aromatic rings. The van der Waals surface area contributed by atoms with E-state index in [0.717, 1.165) is 25.3 Å². The highest BCUT2D eigenvalue weighted by molar-refractivity contribution is 5.70. The summed E-state index contributed by atoms with van der Waals surface area (Å²) in [6.07, 6.45) is 8.97. The number of carbonyl (C=O) groups is 1. The molecule has 0 spiro atoms. The lowest BCUT2D eigenvalue weighted by atomic mass is 9.89. The van der Waals surface area contributed by atoms with Crippen molar-refractivity contribution in [3.63, 3.8) is 0 Å². The highest BCUT2D eigenvalue weighted by atomic mass is 16.1. The topological polar surface area (TPSA) is 51.0 Å². The van der Waals surface area contributed by atoms with Crippen molar-refractivity contribution in [2.75, 3.05) is 13.1 Å². The minimum Gasteiger partial charge on any atom is -0.298 e. The van der Waals surface area contributed by atoms with Crippen molar-refractivity contribution in [1.29, 1.82) is 0 Å². The molecule has 5 heteroatoms. The van der Waals surface area contributed by atoms with Gasteiger partial charge in [-0.2, -0.15) is 0 Å². The van der Waals surface area contributed by atoms with E-state index in [1.165, 1.54) is 32.2 Å². The number of aldehydes is 1. The second-order valence-electron chi connectivity index (χ2n) is 5.12. The lowest BCUT2D eigenvalue weighted by molar-refractivity contribution is 0.0760. The number of piperidine rings is 1. The van der Waals surface area contributed by atoms with Gasteiger partial charge in [-0.25, -0.2) is 4.68 Å². The van der Waals surface area contributed by atoms with Gasteiger partial charge in [-0.3, -0.25) is 9.69 Å². The van der Waals surface area contributed by atoms with E-state index in [1.807, 2.05) is 4.68 Å². The van der Waals surface area contributed by atoms with Crippen molar-refractivity contribution in [3.8, 4) is 0 Å². The fourth-order valence-electron chi connectivity index (χ4n) is 2.81. The molecule has 1 saturated heterocycles. The zero-order valence-electron chi connectivity index (χ0n) is 9.96. The molecule has 1 aromatic heterocycles. The van der Waals surface area contributed by atoms with E-state index >= 15 is 0 Å². The Labute approximate surface area is 101 Å². The van der Waals surface area contributed by atoms with Crippen molar-refractivity contribution in [3.05, 3.63) is 11.9 Å². The third-order valence-electron chi connectivity index (χ3n) is 4.04. The molecular formula is C12H18N4O. The van der Waals surface area contributed by atoms with Crippen LogP contribution in [-0.2, 0) is 0 Å². The third-order valence-corrected chi connectivity index (χ3v) is 4.04. The first-order chi connectivity index (χ1) is 8.36. The van der Waals surface area contributed by atoms with Crippen LogP contribution in [0.15, 0.2) is 6.20 Å². The maximum Gasteiger partial charge on any atom is 0.171 e. The molecule has 1 unspecified atom stereocenters. The lowest BCUT2D eigenvalue weighted by Crippen LogP contribution is -2.46. The molecule has 0 radical (unpaired) electrons. The van der Waals surface area contributed by atoms with Gasteiger partial charge in [0.25, 0.3) is 0 Å². The van der Waals surface area contributed by atoms with Gasteiger partial charge in [-0.15, -0.1) is 5.10 Å². The first-order valence-electron chi connectivity index (χ1n) is 6.48. The zero-order valence-corrected chi connectivity index (χ0v) is 9.96. The Hall–Kier alpha value is -1.23. The van der Waals surface area contributed by atoms with Crippen LogP contribution in [0.4, 0.5) is 0 Å². The molecule has 1 saturated carbocycles. The van der Waals surface area contributed by atoms with Crippen LogP contribution in [0.1, 0.15) is 48.6 Å². The number of nitrogens with zero attached hydrogens (tertiary/aromatic N) is 4. The molecule has 0 aromatic carbocycles. The second kappa shape index (κ2) is 4.56. The van der Waals surface area contributed by atoms with Gasteiger partial charge in [-0.1, -0.05) is 11.6 Å². The average molecular weight is 234 g/mol. The normalized spacial score (nSPS) is 26.7. The summed E-state index contributed by atoms with van der Waals surface area (Å²) in [6, 6.07) is 1.19. The Balaban J connectivity index is 1.67. The minimum absolute atomic E-state index is 0.394. The highest BCUT2D eigenvalue weighted by Crippen LogP contribution is 2.30. The number of hydrogen-bond donors (Lipinski definition) is 0. The SMILES string of the molecule is O=Cc1cn(C2CCCN(C3CCC3)C2)nn1. The second-order valence-corrected chi connectivity index (χ2v) is 5.12. The average Bonchev–Trinajstić information content (AvgIpc) is 2.75. The zero-order chi connectivity index (χ0) is 11.7. The summed E-state index contributed by atoms with van der Waals surface area (Å²) in [5.41, 5.74) is 0.436. The summed E-state index contributed by atoms with van der Waals surface area (Å²) in [5.74, 6) is 0. The van der Waals surface area contributed by atoms with Gasteiger partial charge >= 0.3 is 0 Å². The summed E-state index contributed by atoms with van der Waals surface area (Å²) in [4.78, 5) is 13.2. The van der Waals surface area contributed by atoms with Crippen molar-refractivity contribution in [2.24, 2.45) is 0 Å². The van der Waals surface area contributed by atoms with E-state index < -0.39 is 0 Å². The molecule has 17 heavy (non-hydrogen) atoms. The van der Waals surface area contributed by atoms with Crippen LogP contribution in [0.5, 0.6) is 0 Å². The standard InChI is InChI=1S/C12H18N4O/c17-9-10-7-16(14-13-10)12-5-2-6-15(8-12)11-3-1-4-11/h7,9,11-12H,1-6,8H2. The van der Waals surface area contributed by atoms with Crippen LogP contribution < -0.4 is 0 Å². The number of carbonyl (C=O) groups excluding carboxylic acids is 1. The number of aromatic nitrogens is 3. The lowest BCUT2D eigenvalue weighted by Gasteiger charge is -2.42. The van der Waals surface area contributed by atoms with Crippen molar-refractivity contribution >= 4 is 6.29 Å². The van der Waals surface area contributed by atoms with Gasteiger partial charge in [-0.05, 0) is 32.2 Å². The first-order valence-corrected chi connectivity index (χ1v) is 6.48. The predicted molar refractivity (Wildman–Crippen MR) is 62.9 cm³/mol. The van der Waals surface area contributed by atoms with E-state index in [-0.39, 0.29) is 0 Å². The van der Waals surface area contributed by atoms with Crippen LogP contribution in [0.25, 0.3) is 0 Å². The van der Waals surface area contributed by atoms with Gasteiger partial charge in [0.05, 0.1) is 12.2 Å². The molecule has 3 rings (SSSR count). The molecule has 0 bridgehead atoms. The Bertz CT molecular complexity index is 399. The molecule has 1 atom stereocenters. The highest BCUT2D eigenvalue weighted by Gasteiger charge is 2.30. The number of hydrogen-bond acceptors (Lipinski definition) is 4. The molecule has 0 N–H and O–H groups in total. The van der Waals surface area contributed by atoms with Gasteiger partial charge in [0, 0.05) is 12.6 Å². The molecule has 2 heterocycles. The Morgan fingerprint density at radius 1 is 1.24 bits per heavy atom. The van der Waals surface area contributed by atoms with E-state index in [1.54, 1.807) is 6.20 Å². The monoisotopic (exact) mass is 234 g/mol. The fraction of sp³-hybridized carbons (Fsp3) is 0.750. The summed E-state index contributed by atoms with van der Waals surface area (Å²) >= 11 is 0. The maximum absolute atomic E-state index is 10.6. The van der Waals surface area contributed by atoms with Crippen LogP contribution in [0, 0.1) is 0 Å². The largest absolute Gasteiger partial charge is 0.298 e. The quantitative estimate of drug-likeness (QED) is 0.739. The third kappa shape index (κ3) is 2.11. The first kappa shape index (κ1) is 10.9. The van der Waals surface area contributed by atoms with E-state index in [9.17, 15) is 4.79 Å². The maximum atomic E-state index is 10.6. The van der Waals surface area contributed by atoms with Gasteiger partial charge in [0.2, 0.25) is 0 Å². The van der Waals surface area contributed by atoms with E-state index in [4.69, 9.17) is 0 Å². The predicted octanol–water partition coefficient (Wildman–Crippen LogP) is 1.28. The molecule has 2 fully saturated rings. The van der Waals surface area contributed by atoms with Crippen LogP contribution in [0.3, 0.4) is 0 Å². The van der Waals surface area contributed by atoms with Crippen molar-refractivity contribution in [1.82, 2.24) is 19.9 Å². The fourth-order valence-corrected chi connectivity index (χ4v) is 2.81. The van der Waals surface area contributed by atoms with Crippen LogP contribution in [0.2, 0.25) is 0 Å². The van der Waals surface area contributed by atoms with Gasteiger partial charge in [0.15, 0.2) is 6.29 Å². The molecular weight excluding hydrogens is 216 g/mol. The summed E-state index contributed by atoms with van der Waals surface area (Å²) in [6.45, 7) is 2.28. The molecule has 1 aliphatic heterocycles.